The molecule has 7 nitrogen and oxygen atoms in total. The summed E-state index contributed by atoms with van der Waals surface area (Å²) < 4.78 is 0. The maximum Gasteiger partial charge on any atom is 0.243 e. The third-order valence-corrected chi connectivity index (χ3v) is 6.05. The number of benzene rings is 1. The van der Waals surface area contributed by atoms with Crippen LogP contribution in [0.15, 0.2) is 42.5 Å². The summed E-state index contributed by atoms with van der Waals surface area (Å²) in [7, 11) is 1.57. The highest BCUT2D eigenvalue weighted by atomic mass is 16.3. The van der Waals surface area contributed by atoms with E-state index in [9.17, 15) is 19.5 Å². The largest absolute Gasteiger partial charge is 0.395 e. The van der Waals surface area contributed by atoms with E-state index in [1.165, 1.54) is 4.90 Å². The van der Waals surface area contributed by atoms with Crippen molar-refractivity contribution < 1.29 is 19.5 Å². The Balaban J connectivity index is 1.88. The number of amides is 3. The third-order valence-electron chi connectivity index (χ3n) is 6.05. The number of β-amino-alcohol motifs (C(OH)–C–C–N with tert-alkyl or cyclic N) is 1. The predicted octanol–water partition coefficient (Wildman–Crippen LogP) is 0.696. The van der Waals surface area contributed by atoms with Crippen LogP contribution in [0, 0.1) is 23.7 Å². The van der Waals surface area contributed by atoms with Gasteiger partial charge in [0.1, 0.15) is 6.04 Å². The number of likely N-dealkylation sites (tertiary alicyclic amines) is 1. The number of hydrogen-bond donors (Lipinski definition) is 3. The molecule has 0 spiro atoms. The van der Waals surface area contributed by atoms with Gasteiger partial charge in [-0.15, -0.1) is 0 Å². The van der Waals surface area contributed by atoms with Crippen LogP contribution in [0.25, 0.3) is 0 Å². The lowest BCUT2D eigenvalue weighted by atomic mass is 9.69. The van der Waals surface area contributed by atoms with Gasteiger partial charge in [0.05, 0.1) is 18.4 Å². The smallest absolute Gasteiger partial charge is 0.243 e. The van der Waals surface area contributed by atoms with E-state index in [4.69, 9.17) is 0 Å². The fourth-order valence-corrected chi connectivity index (χ4v) is 4.65. The molecule has 1 aromatic carbocycles. The van der Waals surface area contributed by atoms with E-state index < -0.39 is 23.8 Å². The van der Waals surface area contributed by atoms with Gasteiger partial charge in [0, 0.05) is 26.1 Å². The Kier molecular flexibility index (Phi) is 6.69. The van der Waals surface area contributed by atoms with Gasteiger partial charge in [0.2, 0.25) is 17.7 Å². The highest BCUT2D eigenvalue weighted by Crippen LogP contribution is 2.44. The lowest BCUT2D eigenvalue weighted by Crippen LogP contribution is -2.48. The molecule has 2 aliphatic rings. The van der Waals surface area contributed by atoms with E-state index in [2.05, 4.69) is 10.6 Å². The molecule has 1 heterocycles. The first-order chi connectivity index (χ1) is 14.0. The molecule has 0 saturated carbocycles. The highest BCUT2D eigenvalue weighted by Gasteiger charge is 2.56. The number of nitrogens with zero attached hydrogens (tertiary/aromatic N) is 1. The Morgan fingerprint density at radius 2 is 1.86 bits per heavy atom. The second-order valence-corrected chi connectivity index (χ2v) is 7.60. The molecular weight excluding hydrogens is 370 g/mol. The van der Waals surface area contributed by atoms with Crippen LogP contribution in [0.3, 0.4) is 0 Å². The van der Waals surface area contributed by atoms with Crippen LogP contribution in [0.2, 0.25) is 0 Å². The van der Waals surface area contributed by atoms with E-state index in [1.54, 1.807) is 7.05 Å². The number of aliphatic hydroxyl groups is 1. The summed E-state index contributed by atoms with van der Waals surface area (Å²) in [6.07, 6.45) is 4.62. The molecule has 7 heteroatoms. The van der Waals surface area contributed by atoms with E-state index in [-0.39, 0.29) is 36.8 Å². The lowest BCUT2D eigenvalue weighted by molar-refractivity contribution is -0.141. The van der Waals surface area contributed by atoms with Crippen molar-refractivity contribution in [3.8, 4) is 0 Å². The zero-order chi connectivity index (χ0) is 21.0. The number of fused-ring (bicyclic) bond motifs is 1. The maximum atomic E-state index is 13.2. The average Bonchev–Trinajstić information content (AvgIpc) is 3.03. The molecular formula is C22H29N3O4. The van der Waals surface area contributed by atoms with Crippen molar-refractivity contribution in [3.63, 3.8) is 0 Å². The Labute approximate surface area is 171 Å². The molecule has 1 saturated heterocycles. The van der Waals surface area contributed by atoms with Gasteiger partial charge in [-0.25, -0.2) is 0 Å². The molecule has 5 atom stereocenters. The number of nitrogens with one attached hydrogen (secondary N) is 2. The molecule has 1 fully saturated rings. The molecule has 1 aliphatic carbocycles. The minimum Gasteiger partial charge on any atom is -0.395 e. The Hall–Kier alpha value is -2.67. The van der Waals surface area contributed by atoms with Crippen molar-refractivity contribution in [2.24, 2.45) is 23.7 Å². The Bertz CT molecular complexity index is 780. The fraction of sp³-hybridized carbons (Fsp3) is 0.500. The van der Waals surface area contributed by atoms with Crippen LogP contribution in [0.5, 0.6) is 0 Å². The van der Waals surface area contributed by atoms with Crippen molar-refractivity contribution >= 4 is 17.7 Å². The molecule has 3 N–H and O–H groups in total. The SMILES string of the molecule is CC[C@@H]1C=C[C@H]2[C@H](C(=O)N(CCO)[C@@H]2C(=O)NCc2ccccc2)[C@@H]1C(=O)NC. The molecule has 0 aromatic heterocycles. The van der Waals surface area contributed by atoms with Gasteiger partial charge in [-0.2, -0.15) is 0 Å². The number of aliphatic hydroxyl groups excluding tert-OH is 1. The van der Waals surface area contributed by atoms with Crippen LogP contribution >= 0.6 is 0 Å². The van der Waals surface area contributed by atoms with E-state index in [0.29, 0.717) is 6.54 Å². The van der Waals surface area contributed by atoms with Crippen molar-refractivity contribution in [2.45, 2.75) is 25.9 Å². The highest BCUT2D eigenvalue weighted by molar-refractivity contribution is 5.96. The summed E-state index contributed by atoms with van der Waals surface area (Å²) >= 11 is 0. The van der Waals surface area contributed by atoms with Crippen LogP contribution in [0.1, 0.15) is 18.9 Å². The summed E-state index contributed by atoms with van der Waals surface area (Å²) in [4.78, 5) is 40.4. The van der Waals surface area contributed by atoms with Gasteiger partial charge in [-0.1, -0.05) is 49.4 Å². The number of rotatable bonds is 7. The summed E-state index contributed by atoms with van der Waals surface area (Å²) in [6, 6.07) is 8.81. The second-order valence-electron chi connectivity index (χ2n) is 7.60. The topological polar surface area (TPSA) is 98.7 Å². The molecule has 1 aromatic rings. The van der Waals surface area contributed by atoms with Gasteiger partial charge in [-0.3, -0.25) is 14.4 Å². The first-order valence-corrected chi connectivity index (χ1v) is 10.2. The molecule has 29 heavy (non-hydrogen) atoms. The number of allylic oxidation sites excluding steroid dienone is 1. The predicted molar refractivity (Wildman–Crippen MR) is 108 cm³/mol. The van der Waals surface area contributed by atoms with Gasteiger partial charge in [0.15, 0.2) is 0 Å². The maximum absolute atomic E-state index is 13.2. The molecule has 0 radical (unpaired) electrons. The number of carbonyl (C=O) groups is 3. The van der Waals surface area contributed by atoms with Gasteiger partial charge >= 0.3 is 0 Å². The molecule has 156 valence electrons. The van der Waals surface area contributed by atoms with E-state index in [0.717, 1.165) is 12.0 Å². The van der Waals surface area contributed by atoms with E-state index in [1.807, 2.05) is 49.4 Å². The standard InChI is InChI=1S/C22H29N3O4/c1-3-15-9-10-16-18(17(15)20(27)23-2)22(29)25(11-12-26)19(16)21(28)24-13-14-7-5-4-6-8-14/h4-10,15-19,26H,3,11-13H2,1-2H3,(H,23,27)(H,24,28)/t15-,16+,17-,18+,19+/m1/s1. The molecule has 3 amide bonds. The molecule has 0 unspecified atom stereocenters. The zero-order valence-corrected chi connectivity index (χ0v) is 16.9. The van der Waals surface area contributed by atoms with Gasteiger partial charge in [-0.05, 0) is 17.9 Å². The minimum atomic E-state index is -0.732. The number of carbonyl (C=O) groups excluding carboxylic acids is 3. The van der Waals surface area contributed by atoms with Crippen LogP contribution < -0.4 is 10.6 Å². The second kappa shape index (κ2) is 9.22. The Morgan fingerprint density at radius 1 is 1.14 bits per heavy atom. The van der Waals surface area contributed by atoms with Gasteiger partial charge in [0.25, 0.3) is 0 Å². The monoisotopic (exact) mass is 399 g/mol. The lowest BCUT2D eigenvalue weighted by Gasteiger charge is -2.33. The molecule has 3 rings (SSSR count). The molecule has 1 aliphatic heterocycles. The quantitative estimate of drug-likeness (QED) is 0.588. The fourth-order valence-electron chi connectivity index (χ4n) is 4.65. The van der Waals surface area contributed by atoms with Crippen molar-refractivity contribution in [1.82, 2.24) is 15.5 Å². The number of hydrogen-bond acceptors (Lipinski definition) is 4. The van der Waals surface area contributed by atoms with Crippen molar-refractivity contribution in [2.75, 3.05) is 20.2 Å². The Morgan fingerprint density at radius 3 is 2.48 bits per heavy atom. The summed E-state index contributed by atoms with van der Waals surface area (Å²) in [5.41, 5.74) is 0.962. The average molecular weight is 399 g/mol. The first kappa shape index (κ1) is 21.0. The zero-order valence-electron chi connectivity index (χ0n) is 16.9. The van der Waals surface area contributed by atoms with Gasteiger partial charge < -0.3 is 20.6 Å². The minimum absolute atomic E-state index is 0.0535. The first-order valence-electron chi connectivity index (χ1n) is 10.2. The summed E-state index contributed by atoms with van der Waals surface area (Å²) in [6.45, 7) is 2.18. The van der Waals surface area contributed by atoms with E-state index >= 15 is 0 Å². The van der Waals surface area contributed by atoms with Crippen LogP contribution in [0.4, 0.5) is 0 Å². The summed E-state index contributed by atoms with van der Waals surface area (Å²) in [5.74, 6) is -2.24. The van der Waals surface area contributed by atoms with Crippen molar-refractivity contribution in [3.05, 3.63) is 48.0 Å². The summed E-state index contributed by atoms with van der Waals surface area (Å²) in [5, 5.41) is 15.1. The third kappa shape index (κ3) is 4.05. The molecule has 0 bridgehead atoms. The normalized spacial score (nSPS) is 28.2. The van der Waals surface area contributed by atoms with Crippen LogP contribution in [-0.4, -0.2) is 54.0 Å². The van der Waals surface area contributed by atoms with Crippen molar-refractivity contribution in [1.29, 1.82) is 0 Å². The van der Waals surface area contributed by atoms with Crippen LogP contribution in [-0.2, 0) is 20.9 Å².